The van der Waals surface area contributed by atoms with E-state index in [9.17, 15) is 9.59 Å². The lowest BCUT2D eigenvalue weighted by atomic mass is 10.0. The third-order valence-electron chi connectivity index (χ3n) is 6.81. The van der Waals surface area contributed by atoms with Crippen molar-refractivity contribution in [1.29, 1.82) is 0 Å². The fourth-order valence-corrected chi connectivity index (χ4v) is 4.61. The first kappa shape index (κ1) is 27.6. The Balaban J connectivity index is 1.40. The number of nitrogen functional groups attached to an aromatic ring is 1. The van der Waals surface area contributed by atoms with E-state index in [1.807, 2.05) is 42.5 Å². The number of piperidine rings is 1. The van der Waals surface area contributed by atoms with Crippen molar-refractivity contribution in [3.05, 3.63) is 83.6 Å². The summed E-state index contributed by atoms with van der Waals surface area (Å²) in [6.07, 6.45) is 9.42. The monoisotopic (exact) mass is 518 g/mol. The molecule has 198 valence electrons. The lowest BCUT2D eigenvalue weighted by Crippen LogP contribution is -2.30. The Morgan fingerprint density at radius 1 is 1.00 bits per heavy atom. The lowest BCUT2D eigenvalue weighted by Gasteiger charge is -2.26. The molecule has 0 saturated carbocycles. The van der Waals surface area contributed by atoms with Crippen LogP contribution in [-0.4, -0.2) is 47.8 Å². The van der Waals surface area contributed by atoms with Crippen LogP contribution in [0.2, 0.25) is 0 Å². The molecule has 1 aromatic heterocycles. The fourth-order valence-electron chi connectivity index (χ4n) is 4.61. The van der Waals surface area contributed by atoms with Crippen LogP contribution in [0.5, 0.6) is 0 Å². The van der Waals surface area contributed by atoms with E-state index in [1.54, 1.807) is 6.20 Å². The predicted molar refractivity (Wildman–Crippen MR) is 157 cm³/mol. The Bertz CT molecular complexity index is 1460. The number of hydrogen-bond acceptors (Lipinski definition) is 5. The third kappa shape index (κ3) is 8.04. The number of nitrogens with one attached hydrogen (secondary N) is 1. The molecule has 0 radical (unpaired) electrons. The van der Waals surface area contributed by atoms with Gasteiger partial charge in [-0.25, -0.2) is 4.98 Å². The molecule has 6 heteroatoms. The first-order valence-electron chi connectivity index (χ1n) is 13.5. The summed E-state index contributed by atoms with van der Waals surface area (Å²) in [5, 5.41) is 4.39. The quantitative estimate of drug-likeness (QED) is 0.195. The summed E-state index contributed by atoms with van der Waals surface area (Å²) >= 11 is 0. The number of fused-ring (bicyclic) bond motifs is 1. The summed E-state index contributed by atoms with van der Waals surface area (Å²) in [7, 11) is 0. The highest BCUT2D eigenvalue weighted by Gasteiger charge is 2.11. The zero-order valence-corrected chi connectivity index (χ0v) is 22.3. The number of nitrogens with two attached hydrogens (primary N) is 1. The Morgan fingerprint density at radius 3 is 2.54 bits per heavy atom. The summed E-state index contributed by atoms with van der Waals surface area (Å²) in [6.45, 7) is 7.14. The molecular weight excluding hydrogens is 484 g/mol. The number of hydrogen-bond donors (Lipinski definition) is 2. The van der Waals surface area contributed by atoms with Crippen LogP contribution in [-0.2, 0) is 4.79 Å². The Morgan fingerprint density at radius 2 is 1.77 bits per heavy atom. The Kier molecular flexibility index (Phi) is 9.89. The zero-order chi connectivity index (χ0) is 27.5. The molecule has 1 saturated heterocycles. The minimum Gasteiger partial charge on any atom is -0.383 e. The molecule has 0 atom stereocenters. The largest absolute Gasteiger partial charge is 0.383 e. The van der Waals surface area contributed by atoms with Crippen molar-refractivity contribution < 1.29 is 9.59 Å². The minimum absolute atomic E-state index is 0.174. The maximum atomic E-state index is 12.6. The van der Waals surface area contributed by atoms with E-state index in [4.69, 9.17) is 5.73 Å². The van der Waals surface area contributed by atoms with Crippen LogP contribution >= 0.6 is 0 Å². The minimum atomic E-state index is -0.264. The number of rotatable bonds is 8. The molecule has 3 N–H and O–H groups in total. The molecule has 39 heavy (non-hydrogen) atoms. The molecule has 1 aliphatic rings. The average molecular weight is 519 g/mol. The predicted octanol–water partition coefficient (Wildman–Crippen LogP) is 4.71. The van der Waals surface area contributed by atoms with Crippen LogP contribution in [0.1, 0.15) is 65.6 Å². The molecule has 3 aromatic rings. The van der Waals surface area contributed by atoms with Crippen molar-refractivity contribution in [1.82, 2.24) is 15.2 Å². The molecule has 1 amide bonds. The molecule has 2 heterocycles. The number of carbonyl (C=O) groups is 2. The fraction of sp³-hybridized carbons (Fsp3) is 0.303. The van der Waals surface area contributed by atoms with Crippen molar-refractivity contribution in [3.63, 3.8) is 0 Å². The summed E-state index contributed by atoms with van der Waals surface area (Å²) in [5.41, 5.74) is 9.11. The molecule has 4 rings (SSSR count). The standard InChI is InChI=1S/C33H34N4O2/c1-2-32(39)35-19-8-9-26-13-17-28-24-36-33(34)29(30(28)23-26)18-14-25-11-15-27(16-12-25)31(38)10-4-7-22-37-20-5-3-6-21-37/h2,11-13,15-17,23-24H,1,3-7,10,19-22H2,(H2,34,36)(H,35,39). The van der Waals surface area contributed by atoms with Crippen LogP contribution < -0.4 is 11.1 Å². The lowest BCUT2D eigenvalue weighted by molar-refractivity contribution is -0.116. The van der Waals surface area contributed by atoms with Crippen molar-refractivity contribution >= 4 is 28.3 Å². The number of amides is 1. The van der Waals surface area contributed by atoms with Gasteiger partial charge in [0.05, 0.1) is 12.1 Å². The van der Waals surface area contributed by atoms with E-state index < -0.39 is 0 Å². The van der Waals surface area contributed by atoms with E-state index in [0.29, 0.717) is 17.8 Å². The molecule has 0 spiro atoms. The topological polar surface area (TPSA) is 88.3 Å². The first-order chi connectivity index (χ1) is 19.0. The number of ketones is 1. The van der Waals surface area contributed by atoms with Crippen LogP contribution in [0.15, 0.2) is 61.3 Å². The molecule has 6 nitrogen and oxygen atoms in total. The normalized spacial score (nSPS) is 13.0. The van der Waals surface area contributed by atoms with Gasteiger partial charge in [0, 0.05) is 40.1 Å². The SMILES string of the molecule is C=CC(=O)NCC#Cc1ccc2cnc(N)c(C#Cc3ccc(C(=O)CCCCN4CCCCC4)cc3)c2c1. The summed E-state index contributed by atoms with van der Waals surface area (Å²) in [6, 6.07) is 13.2. The molecular formula is C33H34N4O2. The number of pyridine rings is 1. The Labute approximate surface area is 230 Å². The highest BCUT2D eigenvalue weighted by molar-refractivity contribution is 5.96. The third-order valence-corrected chi connectivity index (χ3v) is 6.81. The maximum Gasteiger partial charge on any atom is 0.244 e. The van der Waals surface area contributed by atoms with Gasteiger partial charge in [-0.2, -0.15) is 0 Å². The number of nitrogens with zero attached hydrogens (tertiary/aromatic N) is 2. The number of unbranched alkanes of at least 4 members (excludes halogenated alkanes) is 1. The van der Waals surface area contributed by atoms with Gasteiger partial charge in [0.25, 0.3) is 0 Å². The van der Waals surface area contributed by atoms with Gasteiger partial charge in [0.15, 0.2) is 5.78 Å². The maximum absolute atomic E-state index is 12.6. The van der Waals surface area contributed by atoms with Crippen molar-refractivity contribution in [3.8, 4) is 23.7 Å². The summed E-state index contributed by atoms with van der Waals surface area (Å²) in [4.78, 5) is 30.7. The van der Waals surface area contributed by atoms with Gasteiger partial charge in [-0.05, 0) is 75.7 Å². The Hall–Kier alpha value is -4.39. The van der Waals surface area contributed by atoms with Gasteiger partial charge in [-0.1, -0.05) is 54.9 Å². The van der Waals surface area contributed by atoms with Crippen LogP contribution in [0.25, 0.3) is 10.8 Å². The van der Waals surface area contributed by atoms with Crippen LogP contribution in [0.3, 0.4) is 0 Å². The highest BCUT2D eigenvalue weighted by Crippen LogP contribution is 2.23. The van der Waals surface area contributed by atoms with Crippen LogP contribution in [0.4, 0.5) is 5.82 Å². The van der Waals surface area contributed by atoms with Gasteiger partial charge in [-0.15, -0.1) is 0 Å². The number of carbonyl (C=O) groups excluding carboxylic acids is 2. The van der Waals surface area contributed by atoms with Gasteiger partial charge in [-0.3, -0.25) is 9.59 Å². The molecule has 1 aliphatic heterocycles. The molecule has 1 fully saturated rings. The molecule has 0 bridgehead atoms. The highest BCUT2D eigenvalue weighted by atomic mass is 16.1. The summed E-state index contributed by atoms with van der Waals surface area (Å²) < 4.78 is 0. The van der Waals surface area contributed by atoms with E-state index in [0.717, 1.165) is 46.8 Å². The first-order valence-corrected chi connectivity index (χ1v) is 13.5. The van der Waals surface area contributed by atoms with Gasteiger partial charge in [0.2, 0.25) is 5.91 Å². The average Bonchev–Trinajstić information content (AvgIpc) is 2.97. The second-order valence-electron chi connectivity index (χ2n) is 9.65. The van der Waals surface area contributed by atoms with Crippen molar-refractivity contribution in [2.24, 2.45) is 0 Å². The van der Waals surface area contributed by atoms with Crippen LogP contribution in [0, 0.1) is 23.7 Å². The van der Waals surface area contributed by atoms with Crippen molar-refractivity contribution in [2.75, 3.05) is 31.9 Å². The number of anilines is 1. The van der Waals surface area contributed by atoms with E-state index >= 15 is 0 Å². The smallest absolute Gasteiger partial charge is 0.244 e. The van der Waals surface area contributed by atoms with Gasteiger partial charge in [0.1, 0.15) is 5.82 Å². The number of Topliss-reactive ketones (excluding diaryl/α,β-unsaturated/α-hetero) is 1. The number of likely N-dealkylation sites (tertiary alicyclic amines) is 1. The van der Waals surface area contributed by atoms with E-state index in [2.05, 4.69) is 45.5 Å². The van der Waals surface area contributed by atoms with Crippen molar-refractivity contribution in [2.45, 2.75) is 38.5 Å². The second-order valence-corrected chi connectivity index (χ2v) is 9.65. The van der Waals surface area contributed by atoms with Gasteiger partial charge < -0.3 is 16.0 Å². The number of aromatic nitrogens is 1. The molecule has 0 unspecified atom stereocenters. The number of benzene rings is 2. The zero-order valence-electron chi connectivity index (χ0n) is 22.3. The molecule has 2 aromatic carbocycles. The van der Waals surface area contributed by atoms with E-state index in [1.165, 1.54) is 38.4 Å². The van der Waals surface area contributed by atoms with Gasteiger partial charge >= 0.3 is 0 Å². The molecule has 0 aliphatic carbocycles. The second kappa shape index (κ2) is 14.0. The summed E-state index contributed by atoms with van der Waals surface area (Å²) in [5.74, 6) is 12.6. The van der Waals surface area contributed by atoms with E-state index in [-0.39, 0.29) is 18.2 Å².